The molecule has 1 aromatic heterocycles. The fourth-order valence-corrected chi connectivity index (χ4v) is 3.40. The highest BCUT2D eigenvalue weighted by Crippen LogP contribution is 2.29. The Bertz CT molecular complexity index is 1120. The summed E-state index contributed by atoms with van der Waals surface area (Å²) in [6.07, 6.45) is 0. The number of hydrogen-bond acceptors (Lipinski definition) is 4. The number of furan rings is 1. The van der Waals surface area contributed by atoms with Gasteiger partial charge in [-0.05, 0) is 43.3 Å². The summed E-state index contributed by atoms with van der Waals surface area (Å²) < 4.78 is 6.57. The molecule has 0 aliphatic carbocycles. The molecule has 0 fully saturated rings. The number of halogens is 1. The molecule has 0 saturated carbocycles. The number of benzene rings is 2. The molecule has 0 radical (unpaired) electrons. The average Bonchev–Trinajstić information content (AvgIpc) is 3.05. The van der Waals surface area contributed by atoms with E-state index >= 15 is 0 Å². The number of anilines is 1. The molecule has 2 heterocycles. The molecule has 1 aliphatic rings. The maximum atomic E-state index is 12.6. The van der Waals surface area contributed by atoms with Crippen LogP contribution in [0.1, 0.15) is 36.8 Å². The smallest absolute Gasteiger partial charge is 0.291 e. The quantitative estimate of drug-likeness (QED) is 0.645. The summed E-state index contributed by atoms with van der Waals surface area (Å²) in [5.41, 5.74) is 2.38. The van der Waals surface area contributed by atoms with Crippen molar-refractivity contribution in [2.45, 2.75) is 6.92 Å². The summed E-state index contributed by atoms with van der Waals surface area (Å²) in [7, 11) is 1.43. The van der Waals surface area contributed by atoms with Crippen LogP contribution in [0.4, 0.5) is 5.69 Å². The number of carbonyl (C=O) groups is 3. The first-order chi connectivity index (χ1) is 12.4. The van der Waals surface area contributed by atoms with Gasteiger partial charge in [-0.1, -0.05) is 15.9 Å². The van der Waals surface area contributed by atoms with Crippen molar-refractivity contribution in [2.24, 2.45) is 0 Å². The zero-order valence-corrected chi connectivity index (χ0v) is 15.5. The van der Waals surface area contributed by atoms with E-state index in [-0.39, 0.29) is 23.1 Å². The first-order valence-electron chi connectivity index (χ1n) is 7.83. The monoisotopic (exact) mass is 412 g/mol. The second kappa shape index (κ2) is 5.81. The molecule has 1 aliphatic heterocycles. The SMILES string of the molecule is Cc1c(C(=O)Nc2ccc3c(c2)C(=O)N(C)C3=O)oc2ccc(Br)cc12. The van der Waals surface area contributed by atoms with Crippen LogP contribution < -0.4 is 5.32 Å². The van der Waals surface area contributed by atoms with Crippen LogP contribution in [0.2, 0.25) is 0 Å². The minimum atomic E-state index is -0.417. The Labute approximate surface area is 156 Å². The minimum absolute atomic E-state index is 0.207. The fraction of sp³-hybridized carbons (Fsp3) is 0.105. The molecule has 130 valence electrons. The molecule has 6 nitrogen and oxygen atoms in total. The number of nitrogens with one attached hydrogen (secondary N) is 1. The van der Waals surface area contributed by atoms with Crippen LogP contribution in [0.15, 0.2) is 45.3 Å². The van der Waals surface area contributed by atoms with Gasteiger partial charge < -0.3 is 9.73 Å². The van der Waals surface area contributed by atoms with Crippen LogP contribution in [0.25, 0.3) is 11.0 Å². The highest BCUT2D eigenvalue weighted by atomic mass is 79.9. The number of aryl methyl sites for hydroxylation is 1. The molecule has 3 amide bonds. The molecule has 4 rings (SSSR count). The van der Waals surface area contributed by atoms with Gasteiger partial charge in [-0.2, -0.15) is 0 Å². The van der Waals surface area contributed by atoms with E-state index in [9.17, 15) is 14.4 Å². The molecule has 0 unspecified atom stereocenters. The van der Waals surface area contributed by atoms with Gasteiger partial charge in [0, 0.05) is 28.2 Å². The summed E-state index contributed by atoms with van der Waals surface area (Å²) in [5, 5.41) is 3.58. The van der Waals surface area contributed by atoms with Crippen molar-refractivity contribution in [2.75, 3.05) is 12.4 Å². The van der Waals surface area contributed by atoms with Gasteiger partial charge >= 0.3 is 0 Å². The topological polar surface area (TPSA) is 79.6 Å². The number of carbonyl (C=O) groups excluding carboxylic acids is 3. The largest absolute Gasteiger partial charge is 0.451 e. The van der Waals surface area contributed by atoms with Crippen LogP contribution in [0, 0.1) is 6.92 Å². The summed E-state index contributed by atoms with van der Waals surface area (Å²) in [4.78, 5) is 37.7. The van der Waals surface area contributed by atoms with Crippen molar-refractivity contribution in [3.63, 3.8) is 0 Å². The van der Waals surface area contributed by atoms with Gasteiger partial charge in [-0.25, -0.2) is 0 Å². The van der Waals surface area contributed by atoms with E-state index in [1.54, 1.807) is 12.1 Å². The van der Waals surface area contributed by atoms with Crippen molar-refractivity contribution in [3.05, 3.63) is 63.3 Å². The van der Waals surface area contributed by atoms with Crippen LogP contribution in [0.5, 0.6) is 0 Å². The van der Waals surface area contributed by atoms with Gasteiger partial charge in [0.15, 0.2) is 5.76 Å². The fourth-order valence-electron chi connectivity index (χ4n) is 3.04. The lowest BCUT2D eigenvalue weighted by atomic mass is 10.1. The van der Waals surface area contributed by atoms with E-state index in [0.29, 0.717) is 16.8 Å². The minimum Gasteiger partial charge on any atom is -0.451 e. The molecule has 7 heteroatoms. The predicted molar refractivity (Wildman–Crippen MR) is 99.5 cm³/mol. The Morgan fingerprint density at radius 3 is 2.58 bits per heavy atom. The standard InChI is InChI=1S/C19H13BrN2O4/c1-9-13-7-10(20)3-6-15(13)26-16(9)17(23)21-11-4-5-12-14(8-11)19(25)22(2)18(12)24/h3-8H,1-2H3,(H,21,23). The molecular formula is C19H13BrN2O4. The van der Waals surface area contributed by atoms with Gasteiger partial charge in [0.05, 0.1) is 11.1 Å². The van der Waals surface area contributed by atoms with Crippen LogP contribution in [-0.2, 0) is 0 Å². The Morgan fingerprint density at radius 2 is 1.81 bits per heavy atom. The van der Waals surface area contributed by atoms with E-state index in [4.69, 9.17) is 4.42 Å². The lowest BCUT2D eigenvalue weighted by molar-refractivity contribution is 0.0692. The first kappa shape index (κ1) is 16.5. The molecule has 2 aromatic carbocycles. The third-order valence-corrected chi connectivity index (χ3v) is 4.95. The molecule has 0 atom stereocenters. The van der Waals surface area contributed by atoms with E-state index in [1.807, 2.05) is 19.1 Å². The molecule has 1 N–H and O–H groups in total. The van der Waals surface area contributed by atoms with Gasteiger partial charge in [-0.3, -0.25) is 19.3 Å². The zero-order chi connectivity index (χ0) is 18.6. The normalized spacial score (nSPS) is 13.4. The van der Waals surface area contributed by atoms with Crippen molar-refractivity contribution in [3.8, 4) is 0 Å². The number of rotatable bonds is 2. The summed E-state index contributed by atoms with van der Waals surface area (Å²) in [6.45, 7) is 1.81. The maximum Gasteiger partial charge on any atom is 0.291 e. The lowest BCUT2D eigenvalue weighted by Gasteiger charge is -2.05. The molecule has 0 spiro atoms. The first-order valence-corrected chi connectivity index (χ1v) is 8.62. The van der Waals surface area contributed by atoms with Crippen molar-refractivity contribution in [1.82, 2.24) is 4.90 Å². The molecular weight excluding hydrogens is 400 g/mol. The predicted octanol–water partition coefficient (Wildman–Crippen LogP) is 3.98. The highest BCUT2D eigenvalue weighted by molar-refractivity contribution is 9.10. The van der Waals surface area contributed by atoms with E-state index in [0.717, 1.165) is 20.3 Å². The van der Waals surface area contributed by atoms with Crippen LogP contribution in [0.3, 0.4) is 0 Å². The van der Waals surface area contributed by atoms with Gasteiger partial charge in [-0.15, -0.1) is 0 Å². The van der Waals surface area contributed by atoms with Gasteiger partial charge in [0.1, 0.15) is 5.58 Å². The third-order valence-electron chi connectivity index (χ3n) is 4.45. The molecule has 3 aromatic rings. The second-order valence-corrected chi connectivity index (χ2v) is 7.00. The number of nitrogens with zero attached hydrogens (tertiary/aromatic N) is 1. The highest BCUT2D eigenvalue weighted by Gasteiger charge is 2.33. The Hall–Kier alpha value is -2.93. The Kier molecular flexibility index (Phi) is 3.69. The Balaban J connectivity index is 1.67. The molecule has 0 saturated heterocycles. The van der Waals surface area contributed by atoms with Gasteiger partial charge in [0.25, 0.3) is 17.7 Å². The number of fused-ring (bicyclic) bond motifs is 2. The molecule has 0 bridgehead atoms. The summed E-state index contributed by atoms with van der Waals surface area (Å²) in [5.74, 6) is -0.939. The third kappa shape index (κ3) is 2.43. The lowest BCUT2D eigenvalue weighted by Crippen LogP contribution is -2.24. The van der Waals surface area contributed by atoms with E-state index < -0.39 is 5.91 Å². The number of imide groups is 1. The molecule has 26 heavy (non-hydrogen) atoms. The van der Waals surface area contributed by atoms with Crippen molar-refractivity contribution < 1.29 is 18.8 Å². The summed E-state index contributed by atoms with van der Waals surface area (Å²) >= 11 is 3.40. The van der Waals surface area contributed by atoms with Gasteiger partial charge in [0.2, 0.25) is 0 Å². The van der Waals surface area contributed by atoms with Crippen molar-refractivity contribution in [1.29, 1.82) is 0 Å². The summed E-state index contributed by atoms with van der Waals surface area (Å²) in [6, 6.07) is 10.2. The Morgan fingerprint density at radius 1 is 1.08 bits per heavy atom. The average molecular weight is 413 g/mol. The second-order valence-electron chi connectivity index (χ2n) is 6.08. The van der Waals surface area contributed by atoms with Crippen LogP contribution in [-0.4, -0.2) is 29.7 Å². The number of amides is 3. The zero-order valence-electron chi connectivity index (χ0n) is 13.9. The maximum absolute atomic E-state index is 12.6. The van der Waals surface area contributed by atoms with E-state index in [2.05, 4.69) is 21.2 Å². The van der Waals surface area contributed by atoms with Crippen molar-refractivity contribution >= 4 is 50.3 Å². The van der Waals surface area contributed by atoms with Crippen LogP contribution >= 0.6 is 15.9 Å². The number of hydrogen-bond donors (Lipinski definition) is 1. The van der Waals surface area contributed by atoms with E-state index in [1.165, 1.54) is 19.2 Å².